The van der Waals surface area contributed by atoms with Gasteiger partial charge in [-0.2, -0.15) is 0 Å². The highest BCUT2D eigenvalue weighted by Gasteiger charge is 2.21. The number of amides is 1. The minimum Gasteiger partial charge on any atom is -0.467 e. The van der Waals surface area contributed by atoms with Gasteiger partial charge in [-0.15, -0.1) is 0 Å². The molecule has 0 unspecified atom stereocenters. The fourth-order valence-corrected chi connectivity index (χ4v) is 4.28. The average Bonchev–Trinajstić information content (AvgIpc) is 2.89. The zero-order valence-corrected chi connectivity index (χ0v) is 23.3. The second-order valence-electron chi connectivity index (χ2n) is 9.41. The predicted octanol–water partition coefficient (Wildman–Crippen LogP) is 7.24. The maximum Gasteiger partial charge on any atom is 0.408 e. The number of hydrogen-bond donors (Lipinski definition) is 2. The van der Waals surface area contributed by atoms with Crippen molar-refractivity contribution < 1.29 is 19.1 Å². The summed E-state index contributed by atoms with van der Waals surface area (Å²) < 4.78 is 10.0. The summed E-state index contributed by atoms with van der Waals surface area (Å²) in [6.07, 6.45) is 17.1. The van der Waals surface area contributed by atoms with E-state index in [0.717, 1.165) is 42.8 Å². The van der Waals surface area contributed by atoms with Gasteiger partial charge in [0.2, 0.25) is 0 Å². The molecule has 0 aliphatic heterocycles. The van der Waals surface area contributed by atoms with Gasteiger partial charge < -0.3 is 20.1 Å². The largest absolute Gasteiger partial charge is 0.467 e. The molecule has 1 aromatic rings. The molecule has 36 heavy (non-hydrogen) atoms. The number of benzene rings is 1. The van der Waals surface area contributed by atoms with Crippen LogP contribution in [0.4, 0.5) is 4.79 Å². The minimum atomic E-state index is -0.721. The number of carbonyl (C=O) groups is 2. The number of hydrogen-bond acceptors (Lipinski definition) is 5. The number of methoxy groups -OCH3 is 1. The first-order chi connectivity index (χ1) is 17.6. The summed E-state index contributed by atoms with van der Waals surface area (Å²) in [6.45, 7) is 3.18. The molecular formula is C29H48N2O4S. The van der Waals surface area contributed by atoms with E-state index >= 15 is 0 Å². The number of rotatable bonds is 21. The van der Waals surface area contributed by atoms with Gasteiger partial charge in [0.15, 0.2) is 0 Å². The Labute approximate surface area is 224 Å². The van der Waals surface area contributed by atoms with Gasteiger partial charge >= 0.3 is 12.1 Å². The van der Waals surface area contributed by atoms with Gasteiger partial charge in [0.25, 0.3) is 0 Å². The molecule has 6 nitrogen and oxygen atoms in total. The standard InChI is InChI=1S/C29H48N2O4S/c1-3-4-5-6-7-8-9-10-11-12-16-22-27(36)30-23-18-17-21-26(28(32)34-2)31-29(33)35-24-25-19-14-13-15-20-25/h13-15,19-20,26H,3-12,16-18,21-24H2,1-2H3,(H,30,36)(H,31,33)/t26-/m0/s1. The van der Waals surface area contributed by atoms with Crippen molar-refractivity contribution in [3.63, 3.8) is 0 Å². The normalized spacial score (nSPS) is 11.5. The molecule has 0 saturated heterocycles. The Morgan fingerprint density at radius 3 is 2.08 bits per heavy atom. The molecule has 0 spiro atoms. The lowest BCUT2D eigenvalue weighted by atomic mass is 10.1. The fraction of sp³-hybridized carbons (Fsp3) is 0.690. The number of thiocarbonyl (C=S) groups is 1. The van der Waals surface area contributed by atoms with E-state index in [9.17, 15) is 9.59 Å². The first-order valence-electron chi connectivity index (χ1n) is 13.9. The Bertz CT molecular complexity index is 714. The molecule has 2 N–H and O–H groups in total. The summed E-state index contributed by atoms with van der Waals surface area (Å²) in [5.74, 6) is -0.466. The maximum absolute atomic E-state index is 12.1. The number of carbonyl (C=O) groups excluding carboxylic acids is 2. The van der Waals surface area contributed by atoms with Crippen LogP contribution in [0.1, 0.15) is 109 Å². The summed E-state index contributed by atoms with van der Waals surface area (Å²) in [4.78, 5) is 25.1. The Morgan fingerprint density at radius 1 is 0.861 bits per heavy atom. The zero-order chi connectivity index (χ0) is 26.3. The third-order valence-corrected chi connectivity index (χ3v) is 6.59. The van der Waals surface area contributed by atoms with Crippen molar-refractivity contribution in [1.29, 1.82) is 0 Å². The Balaban J connectivity index is 2.06. The second-order valence-corrected chi connectivity index (χ2v) is 9.91. The number of unbranched alkanes of at least 4 members (excludes halogenated alkanes) is 11. The van der Waals surface area contributed by atoms with Crippen LogP contribution in [0, 0.1) is 0 Å². The van der Waals surface area contributed by atoms with Gasteiger partial charge in [-0.3, -0.25) is 0 Å². The van der Waals surface area contributed by atoms with Gasteiger partial charge in [0.1, 0.15) is 12.6 Å². The molecule has 0 fully saturated rings. The molecular weight excluding hydrogens is 472 g/mol. The van der Waals surface area contributed by atoms with Crippen molar-refractivity contribution in [1.82, 2.24) is 10.6 Å². The lowest BCUT2D eigenvalue weighted by Crippen LogP contribution is -2.41. The van der Waals surface area contributed by atoms with E-state index in [4.69, 9.17) is 21.7 Å². The lowest BCUT2D eigenvalue weighted by molar-refractivity contribution is -0.143. The molecule has 0 radical (unpaired) electrons. The highest BCUT2D eigenvalue weighted by atomic mass is 32.1. The molecule has 1 amide bonds. The quantitative estimate of drug-likeness (QED) is 0.101. The molecule has 7 heteroatoms. The van der Waals surface area contributed by atoms with Gasteiger partial charge in [-0.1, -0.05) is 114 Å². The Kier molecular flexibility index (Phi) is 19.6. The first-order valence-corrected chi connectivity index (χ1v) is 14.3. The van der Waals surface area contributed by atoms with Crippen LogP contribution in [0.25, 0.3) is 0 Å². The van der Waals surface area contributed by atoms with Crippen molar-refractivity contribution in [2.24, 2.45) is 0 Å². The van der Waals surface area contributed by atoms with Crippen LogP contribution in [-0.4, -0.2) is 36.7 Å². The van der Waals surface area contributed by atoms with Crippen LogP contribution in [-0.2, 0) is 20.9 Å². The highest BCUT2D eigenvalue weighted by Crippen LogP contribution is 2.12. The van der Waals surface area contributed by atoms with E-state index in [1.54, 1.807) is 0 Å². The van der Waals surface area contributed by atoms with Crippen molar-refractivity contribution in [2.75, 3.05) is 13.7 Å². The first kappa shape index (κ1) is 31.9. The van der Waals surface area contributed by atoms with Crippen molar-refractivity contribution in [3.05, 3.63) is 35.9 Å². The van der Waals surface area contributed by atoms with E-state index in [1.165, 1.54) is 71.3 Å². The van der Waals surface area contributed by atoms with Gasteiger partial charge in [-0.25, -0.2) is 9.59 Å². The number of ether oxygens (including phenoxy) is 2. The van der Waals surface area contributed by atoms with Gasteiger partial charge in [-0.05, 0) is 37.7 Å². The van der Waals surface area contributed by atoms with Crippen molar-refractivity contribution in [2.45, 2.75) is 116 Å². The predicted molar refractivity (Wildman–Crippen MR) is 151 cm³/mol. The van der Waals surface area contributed by atoms with Crippen molar-refractivity contribution >= 4 is 29.3 Å². The second kappa shape index (κ2) is 22.1. The minimum absolute atomic E-state index is 0.154. The van der Waals surface area contributed by atoms with E-state index in [1.807, 2.05) is 30.3 Å². The van der Waals surface area contributed by atoms with Crippen molar-refractivity contribution in [3.8, 4) is 0 Å². The summed E-state index contributed by atoms with van der Waals surface area (Å²) >= 11 is 5.45. The van der Waals surface area contributed by atoms with E-state index in [-0.39, 0.29) is 6.61 Å². The average molecular weight is 521 g/mol. The van der Waals surface area contributed by atoms with Crippen LogP contribution >= 0.6 is 12.2 Å². The lowest BCUT2D eigenvalue weighted by Gasteiger charge is -2.16. The van der Waals surface area contributed by atoms with Crippen LogP contribution in [0.2, 0.25) is 0 Å². The number of esters is 1. The van der Waals surface area contributed by atoms with Gasteiger partial charge in [0.05, 0.1) is 12.1 Å². The molecule has 204 valence electrons. The third-order valence-electron chi connectivity index (χ3n) is 6.24. The Morgan fingerprint density at radius 2 is 1.47 bits per heavy atom. The maximum atomic E-state index is 12.1. The van der Waals surface area contributed by atoms with Gasteiger partial charge in [0, 0.05) is 6.54 Å². The molecule has 0 bridgehead atoms. The van der Waals surface area contributed by atoms with Crippen LogP contribution in [0.3, 0.4) is 0 Å². The fourth-order valence-electron chi connectivity index (χ4n) is 4.04. The highest BCUT2D eigenvalue weighted by molar-refractivity contribution is 7.80. The molecule has 0 aliphatic rings. The van der Waals surface area contributed by atoms with E-state index in [0.29, 0.717) is 6.42 Å². The molecule has 1 atom stereocenters. The summed E-state index contributed by atoms with van der Waals surface area (Å²) in [5, 5.41) is 5.94. The molecule has 0 aliphatic carbocycles. The summed E-state index contributed by atoms with van der Waals surface area (Å²) in [5.41, 5.74) is 0.887. The van der Waals surface area contributed by atoms with E-state index < -0.39 is 18.1 Å². The smallest absolute Gasteiger partial charge is 0.408 e. The molecule has 1 aromatic carbocycles. The third kappa shape index (κ3) is 17.3. The van der Waals surface area contributed by atoms with Crippen LogP contribution in [0.5, 0.6) is 0 Å². The molecule has 0 aromatic heterocycles. The van der Waals surface area contributed by atoms with E-state index in [2.05, 4.69) is 17.6 Å². The Hall–Kier alpha value is -2.15. The summed E-state index contributed by atoms with van der Waals surface area (Å²) in [7, 11) is 1.32. The molecule has 0 heterocycles. The zero-order valence-electron chi connectivity index (χ0n) is 22.5. The number of nitrogens with one attached hydrogen (secondary N) is 2. The molecule has 1 rings (SSSR count). The summed E-state index contributed by atoms with van der Waals surface area (Å²) in [6, 6.07) is 8.69. The molecule has 0 saturated carbocycles. The van der Waals surface area contributed by atoms with Crippen LogP contribution < -0.4 is 10.6 Å². The monoisotopic (exact) mass is 520 g/mol. The van der Waals surface area contributed by atoms with Crippen LogP contribution in [0.15, 0.2) is 30.3 Å². The topological polar surface area (TPSA) is 76.7 Å². The SMILES string of the molecule is CCCCCCCCCCCCCC(=S)NCCCC[C@H](NC(=O)OCc1ccccc1)C(=O)OC. The number of alkyl carbamates (subject to hydrolysis) is 1.